The molecule has 1 rings (SSSR count). The molecule has 1 aromatic rings. The first-order valence-corrected chi connectivity index (χ1v) is 4.50. The maximum absolute atomic E-state index is 11.4. The van der Waals surface area contributed by atoms with E-state index in [2.05, 4.69) is 0 Å². The Bertz CT molecular complexity index is 383. The van der Waals surface area contributed by atoms with E-state index < -0.39 is 5.91 Å². The molecule has 3 nitrogen and oxygen atoms in total. The van der Waals surface area contributed by atoms with E-state index in [-0.39, 0.29) is 5.78 Å². The molecule has 0 saturated heterocycles. The summed E-state index contributed by atoms with van der Waals surface area (Å²) in [5.74, 6) is -0.607. The van der Waals surface area contributed by atoms with Crippen molar-refractivity contribution in [3.63, 3.8) is 0 Å². The van der Waals surface area contributed by atoms with Crippen molar-refractivity contribution in [3.8, 4) is 0 Å². The van der Waals surface area contributed by atoms with Crippen molar-refractivity contribution in [2.24, 2.45) is 5.73 Å². The largest absolute Gasteiger partial charge is 0.366 e. The third-order valence-electron chi connectivity index (χ3n) is 2.06. The monoisotopic (exact) mass is 191 g/mol. The highest BCUT2D eigenvalue weighted by Crippen LogP contribution is 2.13. The number of aryl methyl sites for hydroxylation is 1. The summed E-state index contributed by atoms with van der Waals surface area (Å²) >= 11 is 0. The lowest BCUT2D eigenvalue weighted by Gasteiger charge is -2.05. The highest BCUT2D eigenvalue weighted by atomic mass is 16.1. The van der Waals surface area contributed by atoms with E-state index in [0.29, 0.717) is 17.5 Å². The van der Waals surface area contributed by atoms with Crippen LogP contribution < -0.4 is 5.73 Å². The number of carbonyl (C=O) groups is 2. The van der Waals surface area contributed by atoms with Gasteiger partial charge in [0.1, 0.15) is 0 Å². The topological polar surface area (TPSA) is 60.2 Å². The highest BCUT2D eigenvalue weighted by Gasteiger charge is 2.13. The van der Waals surface area contributed by atoms with Crippen LogP contribution in [-0.2, 0) is 0 Å². The van der Waals surface area contributed by atoms with E-state index >= 15 is 0 Å². The van der Waals surface area contributed by atoms with Crippen molar-refractivity contribution < 1.29 is 9.59 Å². The van der Waals surface area contributed by atoms with Gasteiger partial charge in [0.25, 0.3) is 0 Å². The zero-order valence-corrected chi connectivity index (χ0v) is 8.33. The molecule has 0 aromatic heterocycles. The minimum absolute atomic E-state index is 0.0567. The van der Waals surface area contributed by atoms with Gasteiger partial charge < -0.3 is 5.73 Å². The Labute approximate surface area is 82.9 Å². The molecule has 0 radical (unpaired) electrons. The number of hydrogen-bond donors (Lipinski definition) is 1. The molecule has 0 heterocycles. The summed E-state index contributed by atoms with van der Waals surface area (Å²) in [5.41, 5.74) is 6.85. The van der Waals surface area contributed by atoms with Gasteiger partial charge in [-0.2, -0.15) is 0 Å². The van der Waals surface area contributed by atoms with Crippen molar-refractivity contribution >= 4 is 11.7 Å². The number of carbonyl (C=O) groups excluding carboxylic acids is 2. The summed E-state index contributed by atoms with van der Waals surface area (Å²) in [6.07, 6.45) is 0.378. The van der Waals surface area contributed by atoms with Crippen LogP contribution >= 0.6 is 0 Å². The van der Waals surface area contributed by atoms with Gasteiger partial charge in [0.15, 0.2) is 5.78 Å². The molecule has 14 heavy (non-hydrogen) atoms. The fraction of sp³-hybridized carbons (Fsp3) is 0.273. The molecule has 74 valence electrons. The molecule has 1 amide bonds. The van der Waals surface area contributed by atoms with Gasteiger partial charge in [0.05, 0.1) is 5.56 Å². The normalized spacial score (nSPS) is 9.86. The first kappa shape index (κ1) is 10.4. The third-order valence-corrected chi connectivity index (χ3v) is 2.06. The van der Waals surface area contributed by atoms with Gasteiger partial charge in [-0.1, -0.05) is 24.6 Å². The van der Waals surface area contributed by atoms with Gasteiger partial charge in [-0.05, 0) is 13.0 Å². The molecule has 1 aromatic carbocycles. The van der Waals surface area contributed by atoms with E-state index in [0.717, 1.165) is 5.56 Å². The number of benzene rings is 1. The van der Waals surface area contributed by atoms with Crippen LogP contribution in [0.5, 0.6) is 0 Å². The Morgan fingerprint density at radius 3 is 2.43 bits per heavy atom. The van der Waals surface area contributed by atoms with Gasteiger partial charge in [-0.3, -0.25) is 9.59 Å². The molecule has 0 fully saturated rings. The fourth-order valence-corrected chi connectivity index (χ4v) is 1.30. The number of nitrogens with two attached hydrogens (primary N) is 1. The summed E-state index contributed by atoms with van der Waals surface area (Å²) in [6, 6.07) is 5.10. The summed E-state index contributed by atoms with van der Waals surface area (Å²) in [5, 5.41) is 0. The highest BCUT2D eigenvalue weighted by molar-refractivity contribution is 6.07. The van der Waals surface area contributed by atoms with Crippen LogP contribution in [0.15, 0.2) is 18.2 Å². The van der Waals surface area contributed by atoms with Crippen molar-refractivity contribution in [3.05, 3.63) is 34.9 Å². The average Bonchev–Trinajstić information content (AvgIpc) is 2.16. The number of ketones is 1. The zero-order valence-electron chi connectivity index (χ0n) is 8.33. The van der Waals surface area contributed by atoms with Gasteiger partial charge in [-0.15, -0.1) is 0 Å². The van der Waals surface area contributed by atoms with E-state index in [1.165, 1.54) is 0 Å². The molecule has 3 heteroatoms. The quantitative estimate of drug-likeness (QED) is 0.739. The number of hydrogen-bond acceptors (Lipinski definition) is 2. The second-order valence-corrected chi connectivity index (χ2v) is 3.19. The first-order chi connectivity index (χ1) is 6.56. The Morgan fingerprint density at radius 2 is 1.93 bits per heavy atom. The molecule has 0 aliphatic rings. The van der Waals surface area contributed by atoms with Crippen molar-refractivity contribution in [2.75, 3.05) is 0 Å². The maximum atomic E-state index is 11.4. The van der Waals surface area contributed by atoms with Gasteiger partial charge in [0.2, 0.25) is 5.91 Å². The number of amides is 1. The van der Waals surface area contributed by atoms with Gasteiger partial charge in [0, 0.05) is 12.0 Å². The van der Waals surface area contributed by atoms with Crippen LogP contribution in [0, 0.1) is 6.92 Å². The third kappa shape index (κ3) is 1.99. The lowest BCUT2D eigenvalue weighted by atomic mass is 9.99. The smallest absolute Gasteiger partial charge is 0.249 e. The molecule has 0 atom stereocenters. The minimum atomic E-state index is -0.550. The van der Waals surface area contributed by atoms with Crippen molar-refractivity contribution in [1.29, 1.82) is 0 Å². The molecule has 0 bridgehead atoms. The molecule has 0 aliphatic heterocycles. The van der Waals surface area contributed by atoms with Crippen molar-refractivity contribution in [1.82, 2.24) is 0 Å². The molecule has 0 unspecified atom stereocenters. The van der Waals surface area contributed by atoms with Gasteiger partial charge >= 0.3 is 0 Å². The van der Waals surface area contributed by atoms with E-state index in [1.54, 1.807) is 25.1 Å². The van der Waals surface area contributed by atoms with E-state index in [1.807, 2.05) is 6.92 Å². The van der Waals surface area contributed by atoms with Crippen LogP contribution in [0.4, 0.5) is 0 Å². The minimum Gasteiger partial charge on any atom is -0.366 e. The fourth-order valence-electron chi connectivity index (χ4n) is 1.30. The Morgan fingerprint density at radius 1 is 1.29 bits per heavy atom. The second kappa shape index (κ2) is 4.05. The van der Waals surface area contributed by atoms with E-state index in [4.69, 9.17) is 5.73 Å². The number of rotatable bonds is 3. The molecular weight excluding hydrogens is 178 g/mol. The Kier molecular flexibility index (Phi) is 3.02. The van der Waals surface area contributed by atoms with Crippen LogP contribution in [0.25, 0.3) is 0 Å². The molecule has 0 saturated carbocycles. The lowest BCUT2D eigenvalue weighted by Crippen LogP contribution is -2.16. The first-order valence-electron chi connectivity index (χ1n) is 4.50. The summed E-state index contributed by atoms with van der Waals surface area (Å²) in [6.45, 7) is 3.61. The summed E-state index contributed by atoms with van der Waals surface area (Å²) in [4.78, 5) is 22.5. The van der Waals surface area contributed by atoms with Gasteiger partial charge in [-0.25, -0.2) is 0 Å². The van der Waals surface area contributed by atoms with Crippen LogP contribution in [0.1, 0.15) is 39.6 Å². The molecule has 2 N–H and O–H groups in total. The Hall–Kier alpha value is -1.64. The zero-order chi connectivity index (χ0) is 10.7. The van der Waals surface area contributed by atoms with Crippen LogP contribution in [0.2, 0.25) is 0 Å². The van der Waals surface area contributed by atoms with Crippen molar-refractivity contribution in [2.45, 2.75) is 20.3 Å². The van der Waals surface area contributed by atoms with E-state index in [9.17, 15) is 9.59 Å². The standard InChI is InChI=1S/C11H13NO2/c1-3-10(13)8-5-4-7(2)6-9(8)11(12)14/h4-6H,3H2,1-2H3,(H2,12,14). The molecule has 0 aliphatic carbocycles. The SMILES string of the molecule is CCC(=O)c1ccc(C)cc1C(N)=O. The second-order valence-electron chi connectivity index (χ2n) is 3.19. The number of primary amides is 1. The average molecular weight is 191 g/mol. The number of Topliss-reactive ketones (excluding diaryl/α,β-unsaturated/α-hetero) is 1. The predicted molar refractivity (Wildman–Crippen MR) is 54.3 cm³/mol. The van der Waals surface area contributed by atoms with Crippen LogP contribution in [0.3, 0.4) is 0 Å². The Balaban J connectivity index is 3.28. The summed E-state index contributed by atoms with van der Waals surface area (Å²) < 4.78 is 0. The molecular formula is C11H13NO2. The maximum Gasteiger partial charge on any atom is 0.249 e. The summed E-state index contributed by atoms with van der Waals surface area (Å²) in [7, 11) is 0. The lowest BCUT2D eigenvalue weighted by molar-refractivity contribution is 0.0960. The van der Waals surface area contributed by atoms with Crippen LogP contribution in [-0.4, -0.2) is 11.7 Å². The predicted octanol–water partition coefficient (Wildman–Crippen LogP) is 1.69. The molecule has 0 spiro atoms.